The zero-order chi connectivity index (χ0) is 23.9. The summed E-state index contributed by atoms with van der Waals surface area (Å²) in [7, 11) is 0. The molecule has 1 aliphatic rings. The molecule has 1 aliphatic heterocycles. The number of benzene rings is 3. The van der Waals surface area contributed by atoms with Crippen molar-refractivity contribution in [2.24, 2.45) is 0 Å². The van der Waals surface area contributed by atoms with E-state index in [1.807, 2.05) is 61.5 Å². The molecule has 0 bridgehead atoms. The van der Waals surface area contributed by atoms with Crippen LogP contribution in [0.15, 0.2) is 71.6 Å². The minimum Gasteiger partial charge on any atom is -0.490 e. The monoisotopic (exact) mass is 494 g/mol. The Morgan fingerprint density at radius 1 is 1.03 bits per heavy atom. The highest BCUT2D eigenvalue weighted by molar-refractivity contribution is 8.05. The number of halogens is 1. The molecule has 0 spiro atoms. The number of rotatable bonds is 9. The lowest BCUT2D eigenvalue weighted by atomic mass is 10.1. The van der Waals surface area contributed by atoms with Crippen LogP contribution in [0.25, 0.3) is 6.08 Å². The summed E-state index contributed by atoms with van der Waals surface area (Å²) >= 11 is 7.99. The molecule has 176 valence electrons. The van der Waals surface area contributed by atoms with E-state index in [9.17, 15) is 4.79 Å². The van der Waals surface area contributed by atoms with E-state index < -0.39 is 0 Å². The molecule has 1 saturated heterocycles. The van der Waals surface area contributed by atoms with Gasteiger partial charge in [-0.05, 0) is 60.4 Å². The quantitative estimate of drug-likeness (QED) is 0.333. The molecule has 0 saturated carbocycles. The highest BCUT2D eigenvalue weighted by atomic mass is 35.5. The van der Waals surface area contributed by atoms with Gasteiger partial charge in [0.2, 0.25) is 0 Å². The van der Waals surface area contributed by atoms with E-state index in [1.54, 1.807) is 6.07 Å². The average molecular weight is 495 g/mol. The van der Waals surface area contributed by atoms with Crippen molar-refractivity contribution in [1.82, 2.24) is 5.32 Å². The number of ether oxygens (including phenoxy) is 2. The second-order valence-corrected chi connectivity index (χ2v) is 9.27. The van der Waals surface area contributed by atoms with Crippen molar-refractivity contribution in [2.45, 2.75) is 32.4 Å². The van der Waals surface area contributed by atoms with Gasteiger partial charge in [-0.25, -0.2) is 0 Å². The van der Waals surface area contributed by atoms with E-state index in [4.69, 9.17) is 21.1 Å². The van der Waals surface area contributed by atoms with Gasteiger partial charge in [-0.15, -0.1) is 0 Å². The number of amides is 1. The minimum atomic E-state index is -0.249. The summed E-state index contributed by atoms with van der Waals surface area (Å²) in [5.41, 5.74) is 3.78. The van der Waals surface area contributed by atoms with Crippen LogP contribution in [0.1, 0.15) is 30.5 Å². The molecule has 3 aromatic carbocycles. The van der Waals surface area contributed by atoms with Gasteiger partial charge in [-0.2, -0.15) is 0 Å². The summed E-state index contributed by atoms with van der Waals surface area (Å²) in [5, 5.41) is 6.74. The first kappa shape index (κ1) is 24.0. The van der Waals surface area contributed by atoms with Crippen LogP contribution in [-0.4, -0.2) is 18.0 Å². The van der Waals surface area contributed by atoms with Crippen LogP contribution < -0.4 is 20.1 Å². The first-order chi connectivity index (χ1) is 16.6. The van der Waals surface area contributed by atoms with Gasteiger partial charge in [0, 0.05) is 5.69 Å². The molecule has 7 heteroatoms. The molecule has 0 unspecified atom stereocenters. The Morgan fingerprint density at radius 3 is 2.50 bits per heavy atom. The summed E-state index contributed by atoms with van der Waals surface area (Å²) in [4.78, 5) is 13.2. The van der Waals surface area contributed by atoms with Gasteiger partial charge in [0.15, 0.2) is 17.0 Å². The average Bonchev–Trinajstić information content (AvgIpc) is 3.18. The molecule has 1 fully saturated rings. The summed E-state index contributed by atoms with van der Waals surface area (Å²) in [6.45, 7) is 4.88. The normalized spacial score (nSPS) is 16.4. The predicted molar refractivity (Wildman–Crippen MR) is 140 cm³/mol. The largest absolute Gasteiger partial charge is 0.490 e. The van der Waals surface area contributed by atoms with E-state index in [2.05, 4.69) is 29.7 Å². The van der Waals surface area contributed by atoms with Crippen LogP contribution in [0.4, 0.5) is 5.69 Å². The number of hydrogen-bond acceptors (Lipinski definition) is 5. The molecule has 3 aromatic rings. The number of aryl methyl sites for hydroxylation is 1. The molecule has 0 radical (unpaired) electrons. The Balaban J connectivity index is 1.49. The lowest BCUT2D eigenvalue weighted by molar-refractivity contribution is -0.116. The van der Waals surface area contributed by atoms with E-state index in [0.29, 0.717) is 34.6 Å². The second kappa shape index (κ2) is 11.4. The zero-order valence-corrected chi connectivity index (χ0v) is 20.7. The molecule has 2 N–H and O–H groups in total. The standard InChI is InChI=1S/C27H27ClN2O3S/c1-3-18-10-12-21(13-11-18)29-27-30-26(31)24(34-27)16-20-14-22(28)25(23(15-20)32-4-2)33-17-19-8-6-5-7-9-19/h5-16,27,29H,3-4,17H2,1-2H3,(H,30,31)/b24-16-/t27-/m1/s1. The van der Waals surface area contributed by atoms with Crippen LogP contribution in [0.5, 0.6) is 11.5 Å². The van der Waals surface area contributed by atoms with Crippen molar-refractivity contribution in [3.05, 3.63) is 93.3 Å². The van der Waals surface area contributed by atoms with Crippen molar-refractivity contribution in [1.29, 1.82) is 0 Å². The maximum Gasteiger partial charge on any atom is 0.260 e. The van der Waals surface area contributed by atoms with Crippen molar-refractivity contribution >= 4 is 41.0 Å². The van der Waals surface area contributed by atoms with E-state index >= 15 is 0 Å². The molecule has 1 atom stereocenters. The summed E-state index contributed by atoms with van der Waals surface area (Å²) in [6.07, 6.45) is 2.81. The molecule has 1 heterocycles. The SMILES string of the molecule is CCOc1cc(/C=C2\S[C@H](Nc3ccc(CC)cc3)NC2=O)cc(Cl)c1OCc1ccccc1. The van der Waals surface area contributed by atoms with Crippen LogP contribution in [-0.2, 0) is 17.8 Å². The first-order valence-corrected chi connectivity index (χ1v) is 12.5. The van der Waals surface area contributed by atoms with Gasteiger partial charge in [0.05, 0.1) is 16.5 Å². The highest BCUT2D eigenvalue weighted by Gasteiger charge is 2.27. The van der Waals surface area contributed by atoms with Crippen molar-refractivity contribution in [3.63, 3.8) is 0 Å². The Hall–Kier alpha value is -3.09. The van der Waals surface area contributed by atoms with Crippen molar-refractivity contribution < 1.29 is 14.3 Å². The number of anilines is 1. The zero-order valence-electron chi connectivity index (χ0n) is 19.1. The van der Waals surface area contributed by atoms with Gasteiger partial charge in [0.25, 0.3) is 5.91 Å². The molecule has 0 aromatic heterocycles. The van der Waals surface area contributed by atoms with E-state index in [-0.39, 0.29) is 11.4 Å². The van der Waals surface area contributed by atoms with E-state index in [1.165, 1.54) is 17.3 Å². The lowest BCUT2D eigenvalue weighted by Gasteiger charge is -2.15. The Morgan fingerprint density at radius 2 is 1.79 bits per heavy atom. The summed E-state index contributed by atoms with van der Waals surface area (Å²) in [6, 6.07) is 21.7. The van der Waals surface area contributed by atoms with Gasteiger partial charge in [0.1, 0.15) is 6.61 Å². The van der Waals surface area contributed by atoms with Crippen molar-refractivity contribution in [2.75, 3.05) is 11.9 Å². The molecule has 0 aliphatic carbocycles. The van der Waals surface area contributed by atoms with Gasteiger partial charge >= 0.3 is 0 Å². The molecule has 34 heavy (non-hydrogen) atoms. The summed E-state index contributed by atoms with van der Waals surface area (Å²) in [5.74, 6) is 0.908. The number of thioether (sulfide) groups is 1. The predicted octanol–water partition coefficient (Wildman–Crippen LogP) is 6.48. The minimum absolute atomic E-state index is 0.133. The topological polar surface area (TPSA) is 59.6 Å². The van der Waals surface area contributed by atoms with Crippen LogP contribution in [0.3, 0.4) is 0 Å². The number of hydrogen-bond donors (Lipinski definition) is 2. The molecule has 5 nitrogen and oxygen atoms in total. The third-order valence-corrected chi connectivity index (χ3v) is 6.56. The highest BCUT2D eigenvalue weighted by Crippen LogP contribution is 2.39. The lowest BCUT2D eigenvalue weighted by Crippen LogP contribution is -2.30. The third kappa shape index (κ3) is 6.07. The number of carbonyl (C=O) groups is 1. The second-order valence-electron chi connectivity index (χ2n) is 7.71. The third-order valence-electron chi connectivity index (χ3n) is 5.25. The maximum atomic E-state index is 12.6. The smallest absolute Gasteiger partial charge is 0.260 e. The first-order valence-electron chi connectivity index (χ1n) is 11.2. The summed E-state index contributed by atoms with van der Waals surface area (Å²) < 4.78 is 11.8. The van der Waals surface area contributed by atoms with Gasteiger partial charge in [-0.1, -0.05) is 72.8 Å². The number of carbonyl (C=O) groups excluding carboxylic acids is 1. The van der Waals surface area contributed by atoms with E-state index in [0.717, 1.165) is 23.2 Å². The molecule has 4 rings (SSSR count). The number of nitrogens with one attached hydrogen (secondary N) is 2. The van der Waals surface area contributed by atoms with Gasteiger partial charge < -0.3 is 20.1 Å². The van der Waals surface area contributed by atoms with Crippen molar-refractivity contribution in [3.8, 4) is 11.5 Å². The maximum absolute atomic E-state index is 12.6. The Labute approximate surface area is 209 Å². The fourth-order valence-corrected chi connectivity index (χ4v) is 4.77. The molecular weight excluding hydrogens is 468 g/mol. The van der Waals surface area contributed by atoms with Gasteiger partial charge in [-0.3, -0.25) is 4.79 Å². The Bertz CT molecular complexity index is 1170. The Kier molecular flexibility index (Phi) is 8.03. The fourth-order valence-electron chi connectivity index (χ4n) is 3.51. The fraction of sp³-hybridized carbons (Fsp3) is 0.222. The molecule has 1 amide bonds. The van der Waals surface area contributed by atoms with Crippen LogP contribution in [0, 0.1) is 0 Å². The van der Waals surface area contributed by atoms with Crippen LogP contribution in [0.2, 0.25) is 5.02 Å². The molecular formula is C27H27ClN2O3S. The van der Waals surface area contributed by atoms with Crippen LogP contribution >= 0.6 is 23.4 Å².